The van der Waals surface area contributed by atoms with Gasteiger partial charge in [0.15, 0.2) is 0 Å². The fraction of sp³-hybridized carbons (Fsp3) is 0.278. The number of carbonyl (C=O) groups is 1. The van der Waals surface area contributed by atoms with E-state index in [0.29, 0.717) is 32.7 Å². The molecule has 2 aromatic carbocycles. The van der Waals surface area contributed by atoms with Crippen molar-refractivity contribution in [2.24, 2.45) is 0 Å². The van der Waals surface area contributed by atoms with Crippen LogP contribution in [0.2, 0.25) is 5.02 Å². The highest BCUT2D eigenvalue weighted by Gasteiger charge is 2.29. The van der Waals surface area contributed by atoms with Crippen LogP contribution in [0.4, 0.5) is 0 Å². The van der Waals surface area contributed by atoms with E-state index in [0.717, 1.165) is 5.56 Å². The lowest BCUT2D eigenvalue weighted by Crippen LogP contribution is -2.48. The van der Waals surface area contributed by atoms with Crippen molar-refractivity contribution in [1.29, 1.82) is 0 Å². The molecule has 1 N–H and O–H groups in total. The molecule has 0 radical (unpaired) electrons. The van der Waals surface area contributed by atoms with E-state index >= 15 is 0 Å². The summed E-state index contributed by atoms with van der Waals surface area (Å²) < 4.78 is 26.9. The quantitative estimate of drug-likeness (QED) is 0.843. The number of hydrogen-bond acceptors (Lipinski definition) is 4. The molecule has 1 aliphatic heterocycles. The van der Waals surface area contributed by atoms with E-state index in [2.05, 4.69) is 4.90 Å². The van der Waals surface area contributed by atoms with E-state index < -0.39 is 16.0 Å². The third-order valence-electron chi connectivity index (χ3n) is 4.39. The van der Waals surface area contributed by atoms with E-state index in [1.54, 1.807) is 42.5 Å². The molecular formula is C18H19ClN2O4S. The number of carboxylic acid groups (broad SMARTS) is 1. The number of nitrogens with zero attached hydrogens (tertiary/aromatic N) is 2. The lowest BCUT2D eigenvalue weighted by molar-refractivity contribution is 0.0697. The Kier molecular flexibility index (Phi) is 5.62. The highest BCUT2D eigenvalue weighted by atomic mass is 35.5. The van der Waals surface area contributed by atoms with Gasteiger partial charge in [0.1, 0.15) is 4.90 Å². The Labute approximate surface area is 157 Å². The summed E-state index contributed by atoms with van der Waals surface area (Å²) in [5.41, 5.74) is 1.25. The molecule has 0 spiro atoms. The summed E-state index contributed by atoms with van der Waals surface area (Å²) in [7, 11) is -3.59. The Hall–Kier alpha value is -1.93. The second-order valence-corrected chi connectivity index (χ2v) is 8.43. The maximum absolute atomic E-state index is 12.7. The van der Waals surface area contributed by atoms with Crippen LogP contribution in [-0.2, 0) is 16.6 Å². The number of benzene rings is 2. The number of carboxylic acids is 1. The number of halogens is 1. The van der Waals surface area contributed by atoms with Crippen molar-refractivity contribution in [3.63, 3.8) is 0 Å². The zero-order valence-electron chi connectivity index (χ0n) is 14.0. The van der Waals surface area contributed by atoms with Crippen LogP contribution >= 0.6 is 11.6 Å². The zero-order chi connectivity index (χ0) is 18.7. The molecule has 138 valence electrons. The first-order chi connectivity index (χ1) is 12.4. The zero-order valence-corrected chi connectivity index (χ0v) is 15.6. The predicted molar refractivity (Wildman–Crippen MR) is 98.9 cm³/mol. The van der Waals surface area contributed by atoms with Crippen molar-refractivity contribution in [3.8, 4) is 0 Å². The smallest absolute Gasteiger partial charge is 0.335 e. The maximum Gasteiger partial charge on any atom is 0.335 e. The minimum Gasteiger partial charge on any atom is -0.478 e. The number of hydrogen-bond donors (Lipinski definition) is 1. The van der Waals surface area contributed by atoms with Crippen LogP contribution in [0.5, 0.6) is 0 Å². The van der Waals surface area contributed by atoms with E-state index in [1.807, 2.05) is 0 Å². The SMILES string of the molecule is O=C(O)c1ccc(CN2CCN(S(=O)(=O)c3ccccc3Cl)CC2)cc1. The standard InChI is InChI=1S/C18H19ClN2O4S/c19-16-3-1-2-4-17(16)26(24,25)21-11-9-20(10-12-21)13-14-5-7-15(8-6-14)18(22)23/h1-8H,9-13H2,(H,22,23). The van der Waals surface area contributed by atoms with Crippen molar-refractivity contribution in [3.05, 3.63) is 64.7 Å². The number of aromatic carboxylic acids is 1. The predicted octanol–water partition coefficient (Wildman–Crippen LogP) is 2.54. The van der Waals surface area contributed by atoms with Gasteiger partial charge in [-0.15, -0.1) is 0 Å². The van der Waals surface area contributed by atoms with Crippen LogP contribution in [0.3, 0.4) is 0 Å². The molecule has 0 aliphatic carbocycles. The first-order valence-electron chi connectivity index (χ1n) is 8.17. The van der Waals surface area contributed by atoms with Gasteiger partial charge in [0, 0.05) is 32.7 Å². The van der Waals surface area contributed by atoms with Gasteiger partial charge in [0.05, 0.1) is 10.6 Å². The van der Waals surface area contributed by atoms with Gasteiger partial charge in [0.25, 0.3) is 0 Å². The Morgan fingerprint density at radius 1 is 1.00 bits per heavy atom. The Balaban J connectivity index is 1.62. The highest BCUT2D eigenvalue weighted by molar-refractivity contribution is 7.89. The van der Waals surface area contributed by atoms with Crippen LogP contribution in [0.15, 0.2) is 53.4 Å². The summed E-state index contributed by atoms with van der Waals surface area (Å²) in [5, 5.41) is 9.16. The number of piperazine rings is 1. The van der Waals surface area contributed by atoms with Crippen molar-refractivity contribution >= 4 is 27.6 Å². The fourth-order valence-corrected chi connectivity index (χ4v) is 4.85. The van der Waals surface area contributed by atoms with Crippen LogP contribution in [0.1, 0.15) is 15.9 Å². The van der Waals surface area contributed by atoms with Gasteiger partial charge in [-0.05, 0) is 29.8 Å². The van der Waals surface area contributed by atoms with E-state index in [4.69, 9.17) is 16.7 Å². The van der Waals surface area contributed by atoms with Crippen molar-refractivity contribution in [2.75, 3.05) is 26.2 Å². The third kappa shape index (κ3) is 4.07. The number of sulfonamides is 1. The average Bonchev–Trinajstić information content (AvgIpc) is 2.63. The molecule has 8 heteroatoms. The molecule has 6 nitrogen and oxygen atoms in total. The van der Waals surface area contributed by atoms with Crippen LogP contribution in [-0.4, -0.2) is 54.9 Å². The molecule has 1 heterocycles. The molecule has 26 heavy (non-hydrogen) atoms. The lowest BCUT2D eigenvalue weighted by atomic mass is 10.1. The normalized spacial score (nSPS) is 16.5. The molecule has 3 rings (SSSR count). The molecule has 0 atom stereocenters. The topological polar surface area (TPSA) is 77.9 Å². The molecule has 2 aromatic rings. The molecular weight excluding hydrogens is 376 g/mol. The summed E-state index contributed by atoms with van der Waals surface area (Å²) >= 11 is 6.04. The van der Waals surface area contributed by atoms with E-state index in [1.165, 1.54) is 10.4 Å². The Morgan fingerprint density at radius 2 is 1.62 bits per heavy atom. The van der Waals surface area contributed by atoms with Gasteiger partial charge in [-0.25, -0.2) is 13.2 Å². The second kappa shape index (κ2) is 7.75. The van der Waals surface area contributed by atoms with Gasteiger partial charge in [-0.1, -0.05) is 35.9 Å². The van der Waals surface area contributed by atoms with E-state index in [9.17, 15) is 13.2 Å². The first-order valence-corrected chi connectivity index (χ1v) is 9.99. The summed E-state index contributed by atoms with van der Waals surface area (Å²) in [6.07, 6.45) is 0. The molecule has 1 aliphatic rings. The molecule has 0 saturated carbocycles. The Bertz CT molecular complexity index is 892. The largest absolute Gasteiger partial charge is 0.478 e. The van der Waals surface area contributed by atoms with Gasteiger partial charge in [-0.2, -0.15) is 4.31 Å². The summed E-state index contributed by atoms with van der Waals surface area (Å²) in [6, 6.07) is 13.2. The summed E-state index contributed by atoms with van der Waals surface area (Å²) in [5.74, 6) is -0.949. The van der Waals surface area contributed by atoms with Crippen molar-refractivity contribution < 1.29 is 18.3 Å². The molecule has 0 bridgehead atoms. The Morgan fingerprint density at radius 3 is 2.19 bits per heavy atom. The maximum atomic E-state index is 12.7. The lowest BCUT2D eigenvalue weighted by Gasteiger charge is -2.34. The van der Waals surface area contributed by atoms with Gasteiger partial charge in [-0.3, -0.25) is 4.90 Å². The highest BCUT2D eigenvalue weighted by Crippen LogP contribution is 2.25. The molecule has 1 saturated heterocycles. The number of rotatable bonds is 5. The first kappa shape index (κ1) is 18.8. The third-order valence-corrected chi connectivity index (χ3v) is 6.79. The second-order valence-electron chi connectivity index (χ2n) is 6.11. The molecule has 0 aromatic heterocycles. The fourth-order valence-electron chi connectivity index (χ4n) is 2.93. The summed E-state index contributed by atoms with van der Waals surface area (Å²) in [6.45, 7) is 2.64. The minimum absolute atomic E-state index is 0.138. The minimum atomic E-state index is -3.59. The van der Waals surface area contributed by atoms with Crippen molar-refractivity contribution in [1.82, 2.24) is 9.21 Å². The van der Waals surface area contributed by atoms with Gasteiger partial charge < -0.3 is 5.11 Å². The van der Waals surface area contributed by atoms with E-state index in [-0.39, 0.29) is 15.5 Å². The molecule has 1 fully saturated rings. The van der Waals surface area contributed by atoms with Crippen LogP contribution in [0.25, 0.3) is 0 Å². The molecule has 0 amide bonds. The van der Waals surface area contributed by atoms with Gasteiger partial charge in [0.2, 0.25) is 10.0 Å². The molecule has 0 unspecified atom stereocenters. The monoisotopic (exact) mass is 394 g/mol. The van der Waals surface area contributed by atoms with Crippen LogP contribution in [0, 0.1) is 0 Å². The average molecular weight is 395 g/mol. The van der Waals surface area contributed by atoms with Crippen LogP contribution < -0.4 is 0 Å². The summed E-state index contributed by atoms with van der Waals surface area (Å²) in [4.78, 5) is 13.2. The van der Waals surface area contributed by atoms with Gasteiger partial charge >= 0.3 is 5.97 Å². The van der Waals surface area contributed by atoms with Crippen molar-refractivity contribution in [2.45, 2.75) is 11.4 Å².